The van der Waals surface area contributed by atoms with E-state index in [0.717, 1.165) is 17.0 Å². The minimum absolute atomic E-state index is 0.0494. The summed E-state index contributed by atoms with van der Waals surface area (Å²) in [6, 6.07) is 12.2. The summed E-state index contributed by atoms with van der Waals surface area (Å²) in [5, 5.41) is 10.9. The van der Waals surface area contributed by atoms with E-state index in [-0.39, 0.29) is 24.3 Å². The number of aliphatic hydroxyl groups is 1. The molecule has 1 fully saturated rings. The predicted octanol–water partition coefficient (Wildman–Crippen LogP) is 2.68. The lowest BCUT2D eigenvalue weighted by Crippen LogP contribution is -2.60. The van der Waals surface area contributed by atoms with Gasteiger partial charge in [-0.25, -0.2) is 19.6 Å². The smallest absolute Gasteiger partial charge is 0.241 e. The number of halogens is 2. The number of hydrazine groups is 1. The molecule has 0 radical (unpaired) electrons. The molecule has 2 aromatic carbocycles. The summed E-state index contributed by atoms with van der Waals surface area (Å²) in [5.41, 5.74) is 4.37. The number of fused-ring (bicyclic) bond motifs is 1. The monoisotopic (exact) mass is 508 g/mol. The minimum Gasteiger partial charge on any atom is -0.394 e. The van der Waals surface area contributed by atoms with Gasteiger partial charge in [0.1, 0.15) is 17.5 Å². The molecule has 1 atom stereocenters. The highest BCUT2D eigenvalue weighted by Gasteiger charge is 2.43. The van der Waals surface area contributed by atoms with E-state index in [0.29, 0.717) is 42.6 Å². The number of hydrogen-bond acceptors (Lipinski definition) is 8. The molecule has 0 amide bonds. The van der Waals surface area contributed by atoms with Gasteiger partial charge in [0.15, 0.2) is 17.0 Å². The van der Waals surface area contributed by atoms with Crippen LogP contribution in [0.5, 0.6) is 0 Å². The van der Waals surface area contributed by atoms with Crippen molar-refractivity contribution in [2.24, 2.45) is 12.9 Å². The second kappa shape index (κ2) is 9.66. The first-order valence-electron chi connectivity index (χ1n) is 12.1. The topological polar surface area (TPSA) is 108 Å². The third kappa shape index (κ3) is 4.18. The number of hydrogen-bond donors (Lipinski definition) is 3. The largest absolute Gasteiger partial charge is 0.394 e. The zero-order valence-electron chi connectivity index (χ0n) is 21.0. The van der Waals surface area contributed by atoms with E-state index in [1.54, 1.807) is 24.3 Å². The third-order valence-corrected chi connectivity index (χ3v) is 7.36. The van der Waals surface area contributed by atoms with E-state index in [2.05, 4.69) is 32.1 Å². The Hall–Kier alpha value is -3.67. The molecule has 1 aliphatic rings. The summed E-state index contributed by atoms with van der Waals surface area (Å²) in [6.45, 7) is 5.36. The Morgan fingerprint density at radius 2 is 1.59 bits per heavy atom. The van der Waals surface area contributed by atoms with Gasteiger partial charge in [-0.15, -0.1) is 0 Å². The highest BCUT2D eigenvalue weighted by atomic mass is 19.1. The van der Waals surface area contributed by atoms with Crippen LogP contribution in [0, 0.1) is 18.6 Å². The first-order valence-corrected chi connectivity index (χ1v) is 12.1. The number of nitrogens with zero attached hydrogens (tertiary/aromatic N) is 6. The van der Waals surface area contributed by atoms with Crippen LogP contribution in [0.2, 0.25) is 0 Å². The van der Waals surface area contributed by atoms with E-state index < -0.39 is 5.54 Å². The standard InChI is InChI=1S/C26H30F2N8O/c1-16-14-35(12-13-36(16)24-22-23(31-25(32-24)33-29)34(3)17(2)30-22)26(15-37,18-4-8-20(27)9-5-18)19-6-10-21(28)11-7-19/h4-11,16,37H,12-15,29H2,1-3H3,(H,31,32,33). The molecule has 3 heterocycles. The van der Waals surface area contributed by atoms with Crippen molar-refractivity contribution in [3.8, 4) is 0 Å². The second-order valence-corrected chi connectivity index (χ2v) is 9.43. The van der Waals surface area contributed by atoms with Gasteiger partial charge in [-0.2, -0.15) is 9.97 Å². The van der Waals surface area contributed by atoms with E-state index in [9.17, 15) is 13.9 Å². The number of piperazine rings is 1. The molecule has 2 aromatic heterocycles. The average Bonchev–Trinajstić information content (AvgIpc) is 3.19. The lowest BCUT2D eigenvalue weighted by Gasteiger charge is -2.50. The fourth-order valence-electron chi connectivity index (χ4n) is 5.30. The lowest BCUT2D eigenvalue weighted by molar-refractivity contribution is 0.0432. The van der Waals surface area contributed by atoms with E-state index in [1.807, 2.05) is 18.5 Å². The number of aliphatic hydroxyl groups excluding tert-OH is 1. The van der Waals surface area contributed by atoms with Crippen LogP contribution in [0.3, 0.4) is 0 Å². The summed E-state index contributed by atoms with van der Waals surface area (Å²) in [5.74, 6) is 6.71. The normalized spacial score (nSPS) is 16.9. The SMILES string of the molecule is Cc1nc2c(N3CCN(C(CO)(c4ccc(F)cc4)c4ccc(F)cc4)CC3C)nc(NN)nc2n1C. The first-order chi connectivity index (χ1) is 17.8. The number of imidazole rings is 1. The fraction of sp³-hybridized carbons (Fsp3) is 0.346. The number of rotatable bonds is 6. The molecule has 0 aliphatic carbocycles. The molecule has 37 heavy (non-hydrogen) atoms. The van der Waals surface area contributed by atoms with Crippen LogP contribution in [0.15, 0.2) is 48.5 Å². The Kier molecular flexibility index (Phi) is 6.52. The van der Waals surface area contributed by atoms with Crippen LogP contribution in [0.4, 0.5) is 20.5 Å². The van der Waals surface area contributed by atoms with Gasteiger partial charge in [0, 0.05) is 32.7 Å². The van der Waals surface area contributed by atoms with Crippen molar-refractivity contribution >= 4 is 22.9 Å². The van der Waals surface area contributed by atoms with Crippen molar-refractivity contribution in [1.82, 2.24) is 24.4 Å². The Bertz CT molecular complexity index is 1360. The quantitative estimate of drug-likeness (QED) is 0.270. The summed E-state index contributed by atoms with van der Waals surface area (Å²) < 4.78 is 29.6. The van der Waals surface area contributed by atoms with Gasteiger partial charge in [-0.1, -0.05) is 24.3 Å². The van der Waals surface area contributed by atoms with Gasteiger partial charge < -0.3 is 14.6 Å². The van der Waals surface area contributed by atoms with E-state index >= 15 is 0 Å². The van der Waals surface area contributed by atoms with E-state index in [4.69, 9.17) is 10.8 Å². The maximum Gasteiger partial charge on any atom is 0.241 e. The summed E-state index contributed by atoms with van der Waals surface area (Å²) in [6.07, 6.45) is 0. The Labute approximate surface area is 213 Å². The zero-order chi connectivity index (χ0) is 26.3. The second-order valence-electron chi connectivity index (χ2n) is 9.43. The number of nitrogens with two attached hydrogens (primary N) is 1. The third-order valence-electron chi connectivity index (χ3n) is 7.36. The van der Waals surface area contributed by atoms with Crippen LogP contribution in [0.1, 0.15) is 23.9 Å². The fourth-order valence-corrected chi connectivity index (χ4v) is 5.30. The van der Waals surface area contributed by atoms with Gasteiger partial charge in [0.05, 0.1) is 12.1 Å². The number of aryl methyl sites for hydroxylation is 2. The van der Waals surface area contributed by atoms with E-state index in [1.165, 1.54) is 24.3 Å². The van der Waals surface area contributed by atoms with Crippen molar-refractivity contribution in [3.05, 3.63) is 77.1 Å². The molecule has 0 spiro atoms. The van der Waals surface area contributed by atoms with Crippen LogP contribution in [-0.4, -0.2) is 61.8 Å². The molecule has 5 rings (SSSR count). The molecule has 1 unspecified atom stereocenters. The number of anilines is 2. The maximum absolute atomic E-state index is 13.8. The molecular weight excluding hydrogens is 478 g/mol. The Morgan fingerprint density at radius 3 is 2.11 bits per heavy atom. The van der Waals surface area contributed by atoms with Crippen molar-refractivity contribution in [2.75, 3.05) is 36.6 Å². The Morgan fingerprint density at radius 1 is 1.00 bits per heavy atom. The van der Waals surface area contributed by atoms with Crippen molar-refractivity contribution in [3.63, 3.8) is 0 Å². The predicted molar refractivity (Wildman–Crippen MR) is 138 cm³/mol. The van der Waals surface area contributed by atoms with Crippen LogP contribution < -0.4 is 16.2 Å². The maximum atomic E-state index is 13.8. The zero-order valence-corrected chi connectivity index (χ0v) is 21.0. The van der Waals surface area contributed by atoms with Crippen molar-refractivity contribution in [1.29, 1.82) is 0 Å². The molecule has 194 valence electrons. The molecule has 0 bridgehead atoms. The molecule has 11 heteroatoms. The average molecular weight is 509 g/mol. The first kappa shape index (κ1) is 25.0. The number of benzene rings is 2. The molecule has 1 aliphatic heterocycles. The van der Waals surface area contributed by atoms with Gasteiger partial charge >= 0.3 is 0 Å². The molecule has 4 N–H and O–H groups in total. The van der Waals surface area contributed by atoms with Gasteiger partial charge in [-0.05, 0) is 49.2 Å². The summed E-state index contributed by atoms with van der Waals surface area (Å²) >= 11 is 0. The van der Waals surface area contributed by atoms with Crippen LogP contribution in [-0.2, 0) is 12.6 Å². The van der Waals surface area contributed by atoms with Gasteiger partial charge in [-0.3, -0.25) is 10.3 Å². The molecular formula is C26H30F2N8O. The molecule has 0 saturated carbocycles. The molecule has 4 aromatic rings. The number of aromatic nitrogens is 4. The van der Waals surface area contributed by atoms with Crippen LogP contribution >= 0.6 is 0 Å². The Balaban J connectivity index is 1.55. The number of nitrogens with one attached hydrogen (secondary N) is 1. The number of nitrogen functional groups attached to an aromatic ring is 1. The molecule has 1 saturated heterocycles. The van der Waals surface area contributed by atoms with Gasteiger partial charge in [0.2, 0.25) is 5.95 Å². The minimum atomic E-state index is -0.992. The summed E-state index contributed by atoms with van der Waals surface area (Å²) in [7, 11) is 1.89. The molecule has 9 nitrogen and oxygen atoms in total. The van der Waals surface area contributed by atoms with Crippen molar-refractivity contribution in [2.45, 2.75) is 25.4 Å². The van der Waals surface area contributed by atoms with Gasteiger partial charge in [0.25, 0.3) is 0 Å². The highest BCUT2D eigenvalue weighted by Crippen LogP contribution is 2.39. The van der Waals surface area contributed by atoms with Crippen molar-refractivity contribution < 1.29 is 13.9 Å². The highest BCUT2D eigenvalue weighted by molar-refractivity contribution is 5.85. The lowest BCUT2D eigenvalue weighted by atomic mass is 9.80. The summed E-state index contributed by atoms with van der Waals surface area (Å²) in [4.78, 5) is 18.1. The van der Waals surface area contributed by atoms with Crippen LogP contribution in [0.25, 0.3) is 11.2 Å².